The number of carbonyl (C=O) groups is 2. The van der Waals surface area contributed by atoms with Crippen LogP contribution in [0.15, 0.2) is 52.3 Å². The SMILES string of the molecule is COc1ccc(C(=O)N(Cc2cccs2)[C@@H](C(=O)NC2CCCC2)c2ccc(C)o2)cc1OC. The van der Waals surface area contributed by atoms with Crippen molar-refractivity contribution in [3.05, 3.63) is 69.8 Å². The van der Waals surface area contributed by atoms with Gasteiger partial charge in [0.05, 0.1) is 20.8 Å². The highest BCUT2D eigenvalue weighted by atomic mass is 32.1. The Morgan fingerprint density at radius 2 is 1.88 bits per heavy atom. The third kappa shape index (κ3) is 5.28. The van der Waals surface area contributed by atoms with Crippen molar-refractivity contribution in [2.45, 2.75) is 51.2 Å². The normalized spacial score (nSPS) is 14.6. The number of rotatable bonds is 9. The number of furan rings is 1. The molecule has 2 aromatic heterocycles. The summed E-state index contributed by atoms with van der Waals surface area (Å²) in [5.74, 6) is 1.58. The third-order valence-electron chi connectivity index (χ3n) is 6.09. The van der Waals surface area contributed by atoms with E-state index in [9.17, 15) is 9.59 Å². The van der Waals surface area contributed by atoms with Crippen molar-refractivity contribution in [2.24, 2.45) is 0 Å². The Morgan fingerprint density at radius 1 is 1.12 bits per heavy atom. The minimum atomic E-state index is -0.906. The number of thiophene rings is 1. The molecule has 0 radical (unpaired) electrons. The molecule has 0 spiro atoms. The second-order valence-corrected chi connectivity index (χ2v) is 9.46. The highest BCUT2D eigenvalue weighted by molar-refractivity contribution is 7.09. The fourth-order valence-corrected chi connectivity index (χ4v) is 5.06. The summed E-state index contributed by atoms with van der Waals surface area (Å²) in [4.78, 5) is 30.1. The molecule has 3 aromatic rings. The molecule has 0 saturated heterocycles. The first-order chi connectivity index (χ1) is 16.5. The van der Waals surface area contributed by atoms with Crippen LogP contribution in [0.4, 0.5) is 0 Å². The molecule has 1 fully saturated rings. The van der Waals surface area contributed by atoms with E-state index >= 15 is 0 Å². The van der Waals surface area contributed by atoms with Gasteiger partial charge in [0.2, 0.25) is 0 Å². The van der Waals surface area contributed by atoms with Gasteiger partial charge in [-0.3, -0.25) is 9.59 Å². The predicted molar refractivity (Wildman–Crippen MR) is 130 cm³/mol. The van der Waals surface area contributed by atoms with E-state index in [0.717, 1.165) is 30.6 Å². The molecular formula is C26H30N2O5S. The largest absolute Gasteiger partial charge is 0.493 e. The number of aryl methyl sites for hydroxylation is 1. The van der Waals surface area contributed by atoms with E-state index in [2.05, 4.69) is 5.32 Å². The van der Waals surface area contributed by atoms with Crippen LogP contribution in [-0.4, -0.2) is 37.0 Å². The number of amides is 2. The highest BCUT2D eigenvalue weighted by Gasteiger charge is 2.36. The Balaban J connectivity index is 1.74. The first-order valence-electron chi connectivity index (χ1n) is 11.4. The Bertz CT molecular complexity index is 1120. The maximum atomic E-state index is 13.9. The number of carbonyl (C=O) groups excluding carboxylic acids is 2. The van der Waals surface area contributed by atoms with Gasteiger partial charge >= 0.3 is 0 Å². The summed E-state index contributed by atoms with van der Waals surface area (Å²) in [6.45, 7) is 2.10. The van der Waals surface area contributed by atoms with E-state index in [4.69, 9.17) is 13.9 Å². The molecule has 0 unspecified atom stereocenters. The van der Waals surface area contributed by atoms with Crippen LogP contribution in [0, 0.1) is 6.92 Å². The van der Waals surface area contributed by atoms with Gasteiger partial charge in [0.1, 0.15) is 11.5 Å². The molecule has 1 aromatic carbocycles. The van der Waals surface area contributed by atoms with Crippen molar-refractivity contribution < 1.29 is 23.5 Å². The van der Waals surface area contributed by atoms with Crippen molar-refractivity contribution in [1.29, 1.82) is 0 Å². The molecule has 2 heterocycles. The van der Waals surface area contributed by atoms with Crippen LogP contribution in [0.2, 0.25) is 0 Å². The second-order valence-electron chi connectivity index (χ2n) is 8.42. The van der Waals surface area contributed by atoms with Crippen molar-refractivity contribution in [3.63, 3.8) is 0 Å². The molecule has 8 heteroatoms. The predicted octanol–water partition coefficient (Wildman–Crippen LogP) is 5.11. The number of hydrogen-bond donors (Lipinski definition) is 1. The van der Waals surface area contributed by atoms with Crippen LogP contribution in [0.25, 0.3) is 0 Å². The summed E-state index contributed by atoms with van der Waals surface area (Å²) >= 11 is 1.54. The van der Waals surface area contributed by atoms with Crippen molar-refractivity contribution in [2.75, 3.05) is 14.2 Å². The van der Waals surface area contributed by atoms with Crippen LogP contribution < -0.4 is 14.8 Å². The zero-order valence-electron chi connectivity index (χ0n) is 19.7. The molecule has 34 heavy (non-hydrogen) atoms. The molecular weight excluding hydrogens is 452 g/mol. The summed E-state index contributed by atoms with van der Waals surface area (Å²) in [7, 11) is 3.07. The van der Waals surface area contributed by atoms with E-state index in [-0.39, 0.29) is 24.4 Å². The molecule has 1 N–H and O–H groups in total. The molecule has 1 saturated carbocycles. The quantitative estimate of drug-likeness (QED) is 0.458. The molecule has 7 nitrogen and oxygen atoms in total. The topological polar surface area (TPSA) is 81.0 Å². The van der Waals surface area contributed by atoms with Gasteiger partial charge in [-0.2, -0.15) is 0 Å². The lowest BCUT2D eigenvalue weighted by atomic mass is 10.1. The molecule has 1 atom stereocenters. The number of benzene rings is 1. The van der Waals surface area contributed by atoms with E-state index < -0.39 is 6.04 Å². The van der Waals surface area contributed by atoms with Crippen LogP contribution in [0.3, 0.4) is 0 Å². The summed E-state index contributed by atoms with van der Waals surface area (Å²) < 4.78 is 16.6. The molecule has 2 amide bonds. The lowest BCUT2D eigenvalue weighted by Crippen LogP contribution is -2.45. The molecule has 1 aliphatic rings. The van der Waals surface area contributed by atoms with Gasteiger partial charge in [-0.1, -0.05) is 18.9 Å². The first-order valence-corrected chi connectivity index (χ1v) is 12.3. The number of nitrogens with one attached hydrogen (secondary N) is 1. The standard InChI is InChI=1S/C26H30N2O5S/c1-17-10-12-22(33-17)24(25(29)27-19-7-4-5-8-19)28(16-20-9-6-14-34-20)26(30)18-11-13-21(31-2)23(15-18)32-3/h6,9-15,19,24H,4-5,7-8,16H2,1-3H3,(H,27,29)/t24-/m1/s1. The van der Waals surface area contributed by atoms with Gasteiger partial charge in [-0.05, 0) is 61.5 Å². The van der Waals surface area contributed by atoms with Gasteiger partial charge in [0.15, 0.2) is 17.5 Å². The average molecular weight is 483 g/mol. The van der Waals surface area contributed by atoms with E-state index in [0.29, 0.717) is 28.6 Å². The van der Waals surface area contributed by atoms with Crippen LogP contribution in [0.1, 0.15) is 58.5 Å². The van der Waals surface area contributed by atoms with E-state index in [1.54, 1.807) is 36.3 Å². The molecule has 0 aliphatic heterocycles. The van der Waals surface area contributed by atoms with Gasteiger partial charge in [-0.15, -0.1) is 11.3 Å². The minimum Gasteiger partial charge on any atom is -0.493 e. The van der Waals surface area contributed by atoms with Crippen molar-refractivity contribution >= 4 is 23.2 Å². The lowest BCUT2D eigenvalue weighted by molar-refractivity contribution is -0.127. The summed E-state index contributed by atoms with van der Waals surface area (Å²) in [6.07, 6.45) is 4.09. The minimum absolute atomic E-state index is 0.117. The van der Waals surface area contributed by atoms with E-state index in [1.807, 2.05) is 30.5 Å². The number of ether oxygens (including phenoxy) is 2. The van der Waals surface area contributed by atoms with Crippen LogP contribution in [-0.2, 0) is 11.3 Å². The smallest absolute Gasteiger partial charge is 0.255 e. The van der Waals surface area contributed by atoms with Crippen LogP contribution in [0.5, 0.6) is 11.5 Å². The zero-order valence-corrected chi connectivity index (χ0v) is 20.5. The third-order valence-corrected chi connectivity index (χ3v) is 6.95. The number of hydrogen-bond acceptors (Lipinski definition) is 6. The van der Waals surface area contributed by atoms with Crippen molar-refractivity contribution in [1.82, 2.24) is 10.2 Å². The molecule has 180 valence electrons. The summed E-state index contributed by atoms with van der Waals surface area (Å²) in [5, 5.41) is 5.12. The van der Waals surface area contributed by atoms with Gasteiger partial charge in [-0.25, -0.2) is 0 Å². The maximum Gasteiger partial charge on any atom is 0.255 e. The Labute approximate surface area is 203 Å². The summed E-state index contributed by atoms with van der Waals surface area (Å²) in [6, 6.07) is 11.7. The fraction of sp³-hybridized carbons (Fsp3) is 0.385. The fourth-order valence-electron chi connectivity index (χ4n) is 4.36. The molecule has 1 aliphatic carbocycles. The number of nitrogens with zero attached hydrogens (tertiary/aromatic N) is 1. The molecule has 0 bridgehead atoms. The molecule has 4 rings (SSSR count). The second kappa shape index (κ2) is 10.8. The van der Waals surface area contributed by atoms with Gasteiger partial charge < -0.3 is 24.1 Å². The Morgan fingerprint density at radius 3 is 2.50 bits per heavy atom. The van der Waals surface area contributed by atoms with Gasteiger partial charge in [0.25, 0.3) is 11.8 Å². The van der Waals surface area contributed by atoms with Gasteiger partial charge in [0, 0.05) is 16.5 Å². The lowest BCUT2D eigenvalue weighted by Gasteiger charge is -2.30. The van der Waals surface area contributed by atoms with Crippen molar-refractivity contribution in [3.8, 4) is 11.5 Å². The maximum absolute atomic E-state index is 13.9. The Kier molecular flexibility index (Phi) is 7.57. The summed E-state index contributed by atoms with van der Waals surface area (Å²) in [5.41, 5.74) is 0.399. The average Bonchev–Trinajstić information content (AvgIpc) is 3.62. The number of methoxy groups -OCH3 is 2. The monoisotopic (exact) mass is 482 g/mol. The first kappa shape index (κ1) is 23.9. The zero-order chi connectivity index (χ0) is 24.1. The Hall–Kier alpha value is -3.26. The van der Waals surface area contributed by atoms with Crippen LogP contribution >= 0.6 is 11.3 Å². The highest BCUT2D eigenvalue weighted by Crippen LogP contribution is 2.32. The van der Waals surface area contributed by atoms with E-state index in [1.165, 1.54) is 18.4 Å².